The van der Waals surface area contributed by atoms with Crippen LogP contribution in [0, 0.1) is 6.92 Å². The van der Waals surface area contributed by atoms with Crippen molar-refractivity contribution >= 4 is 22.2 Å². The highest BCUT2D eigenvalue weighted by molar-refractivity contribution is 7.15. The number of aromatic nitrogens is 2. The molecule has 1 atom stereocenters. The molecular weight excluding hydrogens is 220 g/mol. The van der Waals surface area contributed by atoms with E-state index in [-0.39, 0.29) is 6.04 Å². The Morgan fingerprint density at radius 3 is 2.69 bits per heavy atom. The molecule has 1 unspecified atom stereocenters. The van der Waals surface area contributed by atoms with Crippen molar-refractivity contribution in [1.82, 2.24) is 10.2 Å². The van der Waals surface area contributed by atoms with E-state index < -0.39 is 0 Å². The van der Waals surface area contributed by atoms with Gasteiger partial charge in [0.15, 0.2) is 0 Å². The predicted molar refractivity (Wildman–Crippen MR) is 67.0 cm³/mol. The first-order valence-electron chi connectivity index (χ1n) is 5.08. The van der Waals surface area contributed by atoms with Crippen molar-refractivity contribution in [1.29, 1.82) is 0 Å². The van der Waals surface area contributed by atoms with Gasteiger partial charge in [-0.05, 0) is 25.5 Å². The lowest BCUT2D eigenvalue weighted by atomic mass is 10.1. The smallest absolute Gasteiger partial charge is 0.210 e. The Bertz CT molecular complexity index is 478. The average Bonchev–Trinajstić information content (AvgIpc) is 2.64. The number of aryl methyl sites for hydroxylation is 1. The molecule has 5 heteroatoms. The van der Waals surface area contributed by atoms with Gasteiger partial charge in [0.1, 0.15) is 5.01 Å². The van der Waals surface area contributed by atoms with E-state index in [9.17, 15) is 0 Å². The summed E-state index contributed by atoms with van der Waals surface area (Å²) in [4.78, 5) is 0. The molecule has 1 aromatic carbocycles. The molecule has 0 spiro atoms. The van der Waals surface area contributed by atoms with Gasteiger partial charge in [-0.3, -0.25) is 0 Å². The summed E-state index contributed by atoms with van der Waals surface area (Å²) < 4.78 is 0. The van der Waals surface area contributed by atoms with Gasteiger partial charge in [0.25, 0.3) is 0 Å². The third-order valence-electron chi connectivity index (χ3n) is 2.22. The van der Waals surface area contributed by atoms with Gasteiger partial charge in [-0.25, -0.2) is 0 Å². The number of benzene rings is 1. The summed E-state index contributed by atoms with van der Waals surface area (Å²) in [6.45, 7) is 3.90. The standard InChI is InChI=1S/C11H14N4S/c1-7(12)9-5-3-4-6-10(9)13-11-15-14-8(2)16-11/h3-7H,12H2,1-2H3,(H,13,15). The number of hydrogen-bond acceptors (Lipinski definition) is 5. The number of rotatable bonds is 3. The molecule has 84 valence electrons. The maximum absolute atomic E-state index is 5.90. The molecule has 2 aromatic rings. The van der Waals surface area contributed by atoms with Crippen molar-refractivity contribution < 1.29 is 0 Å². The Labute approximate surface area is 98.5 Å². The van der Waals surface area contributed by atoms with Crippen LogP contribution in [-0.4, -0.2) is 10.2 Å². The second-order valence-electron chi connectivity index (χ2n) is 3.63. The van der Waals surface area contributed by atoms with Gasteiger partial charge in [0, 0.05) is 11.7 Å². The van der Waals surface area contributed by atoms with E-state index in [2.05, 4.69) is 15.5 Å². The molecule has 1 heterocycles. The highest BCUT2D eigenvalue weighted by Crippen LogP contribution is 2.26. The summed E-state index contributed by atoms with van der Waals surface area (Å²) in [5.74, 6) is 0. The molecule has 16 heavy (non-hydrogen) atoms. The van der Waals surface area contributed by atoms with Crippen LogP contribution in [0.15, 0.2) is 24.3 Å². The molecule has 0 radical (unpaired) electrons. The van der Waals surface area contributed by atoms with Crippen LogP contribution in [-0.2, 0) is 0 Å². The lowest BCUT2D eigenvalue weighted by Gasteiger charge is -2.12. The average molecular weight is 234 g/mol. The highest BCUT2D eigenvalue weighted by atomic mass is 32.1. The molecule has 3 N–H and O–H groups in total. The lowest BCUT2D eigenvalue weighted by Crippen LogP contribution is -2.07. The van der Waals surface area contributed by atoms with Gasteiger partial charge in [0.05, 0.1) is 0 Å². The molecule has 1 aromatic heterocycles. The first-order chi connectivity index (χ1) is 7.66. The van der Waals surface area contributed by atoms with Crippen molar-refractivity contribution in [2.24, 2.45) is 5.73 Å². The second kappa shape index (κ2) is 4.59. The molecule has 0 aliphatic heterocycles. The summed E-state index contributed by atoms with van der Waals surface area (Å²) in [5, 5.41) is 13.0. The normalized spacial score (nSPS) is 12.4. The van der Waals surface area contributed by atoms with Crippen molar-refractivity contribution in [3.05, 3.63) is 34.8 Å². The minimum atomic E-state index is -0.00211. The second-order valence-corrected chi connectivity index (χ2v) is 4.81. The van der Waals surface area contributed by atoms with Crippen LogP contribution in [0.1, 0.15) is 23.5 Å². The van der Waals surface area contributed by atoms with Crippen LogP contribution in [0.2, 0.25) is 0 Å². The highest BCUT2D eigenvalue weighted by Gasteiger charge is 2.07. The van der Waals surface area contributed by atoms with E-state index in [1.807, 2.05) is 38.1 Å². The number of nitrogens with two attached hydrogens (primary N) is 1. The van der Waals surface area contributed by atoms with Crippen molar-refractivity contribution in [2.45, 2.75) is 19.9 Å². The molecule has 0 saturated heterocycles. The Hall–Kier alpha value is -1.46. The summed E-state index contributed by atoms with van der Waals surface area (Å²) >= 11 is 1.53. The number of hydrogen-bond donors (Lipinski definition) is 2. The number of anilines is 2. The van der Waals surface area contributed by atoms with E-state index in [1.165, 1.54) is 11.3 Å². The SMILES string of the molecule is Cc1nnc(Nc2ccccc2C(C)N)s1. The minimum absolute atomic E-state index is 0.00211. The van der Waals surface area contributed by atoms with Crippen molar-refractivity contribution in [3.8, 4) is 0 Å². The topological polar surface area (TPSA) is 63.8 Å². The van der Waals surface area contributed by atoms with Gasteiger partial charge >= 0.3 is 0 Å². The van der Waals surface area contributed by atoms with Gasteiger partial charge in [-0.2, -0.15) is 0 Å². The van der Waals surface area contributed by atoms with Crippen LogP contribution in [0.4, 0.5) is 10.8 Å². The summed E-state index contributed by atoms with van der Waals surface area (Å²) in [7, 11) is 0. The van der Waals surface area contributed by atoms with Gasteiger partial charge in [-0.1, -0.05) is 29.5 Å². The largest absolute Gasteiger partial charge is 0.330 e. The van der Waals surface area contributed by atoms with E-state index in [0.717, 1.165) is 21.4 Å². The minimum Gasteiger partial charge on any atom is -0.330 e. The zero-order chi connectivity index (χ0) is 11.5. The third-order valence-corrected chi connectivity index (χ3v) is 2.97. The molecule has 0 aliphatic rings. The molecule has 0 bridgehead atoms. The first kappa shape index (κ1) is 11.0. The van der Waals surface area contributed by atoms with E-state index in [0.29, 0.717) is 0 Å². The Balaban J connectivity index is 2.27. The Morgan fingerprint density at radius 1 is 1.31 bits per heavy atom. The third kappa shape index (κ3) is 2.37. The summed E-state index contributed by atoms with van der Waals surface area (Å²) in [6.07, 6.45) is 0. The summed E-state index contributed by atoms with van der Waals surface area (Å²) in [5.41, 5.74) is 7.97. The maximum Gasteiger partial charge on any atom is 0.210 e. The number of nitrogens with one attached hydrogen (secondary N) is 1. The fourth-order valence-electron chi connectivity index (χ4n) is 1.47. The van der Waals surface area contributed by atoms with E-state index in [4.69, 9.17) is 5.73 Å². The predicted octanol–water partition coefficient (Wildman–Crippen LogP) is 2.61. The molecule has 0 amide bonds. The number of nitrogens with zero attached hydrogens (tertiary/aromatic N) is 2. The Kier molecular flexibility index (Phi) is 3.17. The fourth-order valence-corrected chi connectivity index (χ4v) is 2.07. The fraction of sp³-hybridized carbons (Fsp3) is 0.273. The van der Waals surface area contributed by atoms with Crippen LogP contribution < -0.4 is 11.1 Å². The number of para-hydroxylation sites is 1. The van der Waals surface area contributed by atoms with E-state index >= 15 is 0 Å². The van der Waals surface area contributed by atoms with E-state index in [1.54, 1.807) is 0 Å². The zero-order valence-electron chi connectivity index (χ0n) is 9.27. The molecule has 0 fully saturated rings. The molecule has 4 nitrogen and oxygen atoms in total. The molecular formula is C11H14N4S. The monoisotopic (exact) mass is 234 g/mol. The zero-order valence-corrected chi connectivity index (χ0v) is 10.1. The quantitative estimate of drug-likeness (QED) is 0.856. The van der Waals surface area contributed by atoms with Crippen molar-refractivity contribution in [2.75, 3.05) is 5.32 Å². The van der Waals surface area contributed by atoms with Crippen LogP contribution in [0.3, 0.4) is 0 Å². The maximum atomic E-state index is 5.90. The van der Waals surface area contributed by atoms with Crippen LogP contribution >= 0.6 is 11.3 Å². The van der Waals surface area contributed by atoms with Gasteiger partial charge in [-0.15, -0.1) is 10.2 Å². The summed E-state index contributed by atoms with van der Waals surface area (Å²) in [6, 6.07) is 7.96. The lowest BCUT2D eigenvalue weighted by molar-refractivity contribution is 0.820. The Morgan fingerprint density at radius 2 is 2.06 bits per heavy atom. The first-order valence-corrected chi connectivity index (χ1v) is 5.90. The van der Waals surface area contributed by atoms with Crippen LogP contribution in [0.5, 0.6) is 0 Å². The van der Waals surface area contributed by atoms with Gasteiger partial charge in [0.2, 0.25) is 5.13 Å². The van der Waals surface area contributed by atoms with Gasteiger partial charge < -0.3 is 11.1 Å². The van der Waals surface area contributed by atoms with Crippen LogP contribution in [0.25, 0.3) is 0 Å². The molecule has 0 saturated carbocycles. The molecule has 0 aliphatic carbocycles. The van der Waals surface area contributed by atoms with Crippen molar-refractivity contribution in [3.63, 3.8) is 0 Å². The molecule has 2 rings (SSSR count).